The van der Waals surface area contributed by atoms with E-state index in [4.69, 9.17) is 18.9 Å². The Hall–Kier alpha value is -4.02. The number of ether oxygens (including phenoxy) is 4. The molecule has 0 N–H and O–H groups in total. The number of benzene rings is 2. The molecule has 1 saturated heterocycles. The van der Waals surface area contributed by atoms with Crippen LogP contribution in [0.4, 0.5) is 10.5 Å². The number of carbonyl (C=O) groups excluding carboxylic acids is 2. The number of amides is 2. The quantitative estimate of drug-likeness (QED) is 0.412. The summed E-state index contributed by atoms with van der Waals surface area (Å²) in [5.41, 5.74) is 0.0952. The molecule has 35 heavy (non-hydrogen) atoms. The molecular weight excluding hydrogens is 458 g/mol. The Kier molecular flexibility index (Phi) is 6.68. The van der Waals surface area contributed by atoms with Gasteiger partial charge in [0, 0.05) is 13.1 Å². The van der Waals surface area contributed by atoms with Crippen molar-refractivity contribution in [3.8, 4) is 17.2 Å². The van der Waals surface area contributed by atoms with E-state index in [2.05, 4.69) is 0 Å². The molecule has 2 aromatic carbocycles. The molecule has 1 saturated carbocycles. The van der Waals surface area contributed by atoms with E-state index < -0.39 is 16.4 Å². The minimum absolute atomic E-state index is 0.148. The Morgan fingerprint density at radius 3 is 2.17 bits per heavy atom. The molecule has 2 aliphatic rings. The highest BCUT2D eigenvalue weighted by Gasteiger charge is 2.55. The van der Waals surface area contributed by atoms with Gasteiger partial charge in [-0.05, 0) is 43.0 Å². The zero-order valence-electron chi connectivity index (χ0n) is 19.8. The van der Waals surface area contributed by atoms with Gasteiger partial charge in [-0.2, -0.15) is 0 Å². The highest BCUT2D eigenvalue weighted by atomic mass is 16.6. The largest absolute Gasteiger partial charge is 0.497 e. The fourth-order valence-electron chi connectivity index (χ4n) is 4.33. The van der Waals surface area contributed by atoms with Crippen molar-refractivity contribution in [2.75, 3.05) is 34.4 Å². The lowest BCUT2D eigenvalue weighted by Crippen LogP contribution is -2.49. The maximum absolute atomic E-state index is 13.5. The minimum atomic E-state index is -0.745. The first-order valence-electron chi connectivity index (χ1n) is 11.1. The predicted octanol–water partition coefficient (Wildman–Crippen LogP) is 3.44. The van der Waals surface area contributed by atoms with E-state index in [0.717, 1.165) is 5.56 Å². The molecule has 4 rings (SSSR count). The number of nitrogens with zero attached hydrogens (tertiary/aromatic N) is 3. The summed E-state index contributed by atoms with van der Waals surface area (Å²) < 4.78 is 20.9. The summed E-state index contributed by atoms with van der Waals surface area (Å²) >= 11 is 0. The Balaban J connectivity index is 1.48. The number of nitro benzene ring substituents is 1. The predicted molar refractivity (Wildman–Crippen MR) is 123 cm³/mol. The third-order valence-corrected chi connectivity index (χ3v) is 6.41. The van der Waals surface area contributed by atoms with Crippen molar-refractivity contribution in [1.82, 2.24) is 10.0 Å². The van der Waals surface area contributed by atoms with Crippen LogP contribution >= 0.6 is 0 Å². The van der Waals surface area contributed by atoms with Crippen LogP contribution in [-0.4, -0.2) is 61.4 Å². The van der Waals surface area contributed by atoms with Gasteiger partial charge < -0.3 is 18.9 Å². The van der Waals surface area contributed by atoms with Crippen LogP contribution in [-0.2, 0) is 21.6 Å². The molecule has 1 aliphatic carbocycles. The van der Waals surface area contributed by atoms with Crippen molar-refractivity contribution in [3.05, 3.63) is 57.6 Å². The number of methoxy groups -OCH3 is 3. The summed E-state index contributed by atoms with van der Waals surface area (Å²) in [5.74, 6) is 1.01. The lowest BCUT2D eigenvalue weighted by molar-refractivity contribution is -0.385. The molecule has 0 unspecified atom stereocenters. The van der Waals surface area contributed by atoms with Gasteiger partial charge in [0.1, 0.15) is 12.4 Å². The Morgan fingerprint density at radius 2 is 1.60 bits per heavy atom. The molecule has 11 nitrogen and oxygen atoms in total. The second kappa shape index (κ2) is 9.69. The summed E-state index contributed by atoms with van der Waals surface area (Å²) in [7, 11) is 4.36. The molecule has 2 fully saturated rings. The van der Waals surface area contributed by atoms with E-state index in [1.807, 2.05) is 24.3 Å². The molecule has 0 bridgehead atoms. The van der Waals surface area contributed by atoms with Gasteiger partial charge in [0.15, 0.2) is 11.5 Å². The van der Waals surface area contributed by atoms with Crippen LogP contribution < -0.4 is 14.2 Å². The number of hydrogen-bond acceptors (Lipinski definition) is 8. The first-order chi connectivity index (χ1) is 16.8. The van der Waals surface area contributed by atoms with Gasteiger partial charge >= 0.3 is 6.09 Å². The summed E-state index contributed by atoms with van der Waals surface area (Å²) in [6.45, 7) is 0.345. The molecule has 0 radical (unpaired) electrons. The van der Waals surface area contributed by atoms with Crippen LogP contribution in [0.2, 0.25) is 0 Å². The van der Waals surface area contributed by atoms with Crippen molar-refractivity contribution >= 4 is 17.7 Å². The van der Waals surface area contributed by atoms with E-state index in [-0.39, 0.29) is 35.3 Å². The first kappa shape index (κ1) is 24.1. The molecule has 1 aliphatic heterocycles. The van der Waals surface area contributed by atoms with Gasteiger partial charge in [0.05, 0.1) is 43.3 Å². The number of hydrazine groups is 1. The van der Waals surface area contributed by atoms with Crippen LogP contribution in [0.15, 0.2) is 36.4 Å². The van der Waals surface area contributed by atoms with Gasteiger partial charge in [-0.3, -0.25) is 14.9 Å². The van der Waals surface area contributed by atoms with Crippen molar-refractivity contribution < 1.29 is 33.5 Å². The van der Waals surface area contributed by atoms with Crippen LogP contribution in [0.25, 0.3) is 0 Å². The molecule has 0 spiro atoms. The molecule has 0 atom stereocenters. The zero-order chi connectivity index (χ0) is 25.2. The fourth-order valence-corrected chi connectivity index (χ4v) is 4.33. The van der Waals surface area contributed by atoms with Crippen LogP contribution in [0.1, 0.15) is 30.4 Å². The van der Waals surface area contributed by atoms with Crippen molar-refractivity contribution in [2.45, 2.75) is 31.3 Å². The monoisotopic (exact) mass is 485 g/mol. The van der Waals surface area contributed by atoms with E-state index in [1.54, 1.807) is 7.11 Å². The average Bonchev–Trinajstić information content (AvgIpc) is 3.55. The molecule has 2 aromatic rings. The van der Waals surface area contributed by atoms with E-state index in [1.165, 1.54) is 36.4 Å². The maximum Gasteiger partial charge on any atom is 0.429 e. The fraction of sp³-hybridized carbons (Fsp3) is 0.417. The third-order valence-electron chi connectivity index (χ3n) is 6.41. The second-order valence-electron chi connectivity index (χ2n) is 8.36. The number of carbonyl (C=O) groups is 2. The van der Waals surface area contributed by atoms with Gasteiger partial charge in [-0.25, -0.2) is 14.8 Å². The first-order valence-corrected chi connectivity index (χ1v) is 11.1. The highest BCUT2D eigenvalue weighted by Crippen LogP contribution is 2.50. The Labute approximate surface area is 202 Å². The smallest absolute Gasteiger partial charge is 0.429 e. The summed E-state index contributed by atoms with van der Waals surface area (Å²) in [4.78, 5) is 37.4. The van der Waals surface area contributed by atoms with E-state index >= 15 is 0 Å². The Morgan fingerprint density at radius 1 is 0.971 bits per heavy atom. The number of rotatable bonds is 8. The summed E-state index contributed by atoms with van der Waals surface area (Å²) in [5, 5.41) is 14.2. The lowest BCUT2D eigenvalue weighted by atomic mass is 9.94. The van der Waals surface area contributed by atoms with Crippen molar-refractivity contribution in [3.63, 3.8) is 0 Å². The Bertz CT molecular complexity index is 1130. The topological polar surface area (TPSA) is 121 Å². The average molecular weight is 485 g/mol. The molecule has 186 valence electrons. The van der Waals surface area contributed by atoms with Gasteiger partial charge in [-0.1, -0.05) is 12.1 Å². The van der Waals surface area contributed by atoms with E-state index in [0.29, 0.717) is 38.1 Å². The van der Waals surface area contributed by atoms with Crippen LogP contribution in [0.5, 0.6) is 17.2 Å². The zero-order valence-corrected chi connectivity index (χ0v) is 19.8. The van der Waals surface area contributed by atoms with Crippen molar-refractivity contribution in [1.29, 1.82) is 0 Å². The van der Waals surface area contributed by atoms with Crippen molar-refractivity contribution in [2.24, 2.45) is 0 Å². The highest BCUT2D eigenvalue weighted by molar-refractivity contribution is 5.92. The maximum atomic E-state index is 13.5. The normalized spacial score (nSPS) is 16.0. The summed E-state index contributed by atoms with van der Waals surface area (Å²) in [6.07, 6.45) is 1.24. The summed E-state index contributed by atoms with van der Waals surface area (Å²) in [6, 6.07) is 10.0. The third kappa shape index (κ3) is 4.53. The molecule has 2 amide bonds. The lowest BCUT2D eigenvalue weighted by Gasteiger charge is -2.30. The number of hydrogen-bond donors (Lipinski definition) is 0. The molecule has 1 heterocycles. The SMILES string of the molecule is COc1ccc(C2(C(=O)N3CCCN3C(=O)OCc3cc(OC)c(OC)cc3[N+](=O)[O-])CC2)cc1. The second-order valence-corrected chi connectivity index (χ2v) is 8.36. The minimum Gasteiger partial charge on any atom is -0.497 e. The number of nitro groups is 1. The molecule has 0 aromatic heterocycles. The van der Waals surface area contributed by atoms with Crippen LogP contribution in [0.3, 0.4) is 0 Å². The van der Waals surface area contributed by atoms with Gasteiger partial charge in [0.2, 0.25) is 0 Å². The van der Waals surface area contributed by atoms with Gasteiger partial charge in [-0.15, -0.1) is 0 Å². The standard InChI is InChI=1S/C24H27N3O8/c1-32-18-7-5-17(6-8-18)24(9-10-24)22(28)25-11-4-12-26(25)23(29)35-15-16-13-20(33-2)21(34-3)14-19(16)27(30)31/h5-8,13-14H,4,9-12,15H2,1-3H3. The molecule has 11 heteroatoms. The van der Waals surface area contributed by atoms with Crippen LogP contribution in [0, 0.1) is 10.1 Å². The van der Waals surface area contributed by atoms with Gasteiger partial charge in [0.25, 0.3) is 11.6 Å². The molecular formula is C24H27N3O8. The van der Waals surface area contributed by atoms with E-state index in [9.17, 15) is 19.7 Å².